The minimum Gasteiger partial charge on any atom is -0.313 e. The SMILES string of the molecule is CNC(Cc1ccc(Br)cc1Cl)c1cccc(Cl)c1. The standard InChI is InChI=1S/C15H14BrCl2N/c1-19-15(11-3-2-4-13(17)7-11)8-10-5-6-12(16)9-14(10)18/h2-7,9,15,19H,8H2,1H3. The second kappa shape index (κ2) is 6.76. The van der Waals surface area contributed by atoms with Gasteiger partial charge in [0.1, 0.15) is 0 Å². The van der Waals surface area contributed by atoms with Gasteiger partial charge in [-0.15, -0.1) is 0 Å². The van der Waals surface area contributed by atoms with Crippen LogP contribution in [-0.4, -0.2) is 7.05 Å². The van der Waals surface area contributed by atoms with E-state index in [1.165, 1.54) is 0 Å². The van der Waals surface area contributed by atoms with Gasteiger partial charge in [-0.2, -0.15) is 0 Å². The van der Waals surface area contributed by atoms with Gasteiger partial charge in [-0.25, -0.2) is 0 Å². The van der Waals surface area contributed by atoms with Crippen LogP contribution in [0.4, 0.5) is 0 Å². The van der Waals surface area contributed by atoms with Crippen molar-refractivity contribution in [3.63, 3.8) is 0 Å². The van der Waals surface area contributed by atoms with E-state index in [1.807, 2.05) is 43.4 Å². The monoisotopic (exact) mass is 357 g/mol. The Morgan fingerprint density at radius 1 is 1.16 bits per heavy atom. The molecule has 0 aliphatic carbocycles. The molecule has 0 saturated carbocycles. The summed E-state index contributed by atoms with van der Waals surface area (Å²) in [6, 6.07) is 14.1. The molecule has 0 heterocycles. The van der Waals surface area contributed by atoms with Crippen molar-refractivity contribution >= 4 is 39.1 Å². The first-order valence-electron chi connectivity index (χ1n) is 5.97. The van der Waals surface area contributed by atoms with Gasteiger partial charge in [0.25, 0.3) is 0 Å². The maximum Gasteiger partial charge on any atom is 0.0449 e. The summed E-state index contributed by atoms with van der Waals surface area (Å²) in [6.45, 7) is 0. The number of likely N-dealkylation sites (N-methyl/N-ethyl adjacent to an activating group) is 1. The predicted octanol–water partition coefficient (Wildman–Crippen LogP) is 5.26. The average molecular weight is 359 g/mol. The Hall–Kier alpha value is -0.540. The van der Waals surface area contributed by atoms with Gasteiger partial charge in [-0.05, 0) is 48.9 Å². The molecule has 2 aromatic carbocycles. The van der Waals surface area contributed by atoms with Crippen molar-refractivity contribution in [1.82, 2.24) is 5.32 Å². The maximum atomic E-state index is 6.27. The molecule has 19 heavy (non-hydrogen) atoms. The van der Waals surface area contributed by atoms with Crippen LogP contribution >= 0.6 is 39.1 Å². The first-order valence-corrected chi connectivity index (χ1v) is 7.51. The van der Waals surface area contributed by atoms with Crippen LogP contribution in [0.1, 0.15) is 17.2 Å². The van der Waals surface area contributed by atoms with Gasteiger partial charge < -0.3 is 5.32 Å². The molecule has 0 saturated heterocycles. The Bertz CT molecular complexity index is 572. The summed E-state index contributed by atoms with van der Waals surface area (Å²) in [4.78, 5) is 0. The number of halogens is 3. The van der Waals surface area contributed by atoms with E-state index in [1.54, 1.807) is 0 Å². The lowest BCUT2D eigenvalue weighted by Crippen LogP contribution is -2.19. The second-order valence-corrected chi connectivity index (χ2v) is 6.10. The molecule has 2 rings (SSSR count). The third-order valence-corrected chi connectivity index (χ3v) is 4.12. The van der Waals surface area contributed by atoms with Crippen molar-refractivity contribution < 1.29 is 0 Å². The smallest absolute Gasteiger partial charge is 0.0449 e. The van der Waals surface area contributed by atoms with Crippen LogP contribution in [0.25, 0.3) is 0 Å². The molecular formula is C15H14BrCl2N. The van der Waals surface area contributed by atoms with Crippen molar-refractivity contribution in [1.29, 1.82) is 0 Å². The van der Waals surface area contributed by atoms with Crippen molar-refractivity contribution in [2.45, 2.75) is 12.5 Å². The van der Waals surface area contributed by atoms with E-state index in [2.05, 4.69) is 27.3 Å². The summed E-state index contributed by atoms with van der Waals surface area (Å²) < 4.78 is 0.991. The van der Waals surface area contributed by atoms with Gasteiger partial charge in [-0.1, -0.05) is 57.3 Å². The Labute approximate surface area is 132 Å². The van der Waals surface area contributed by atoms with Crippen molar-refractivity contribution in [2.24, 2.45) is 0 Å². The van der Waals surface area contributed by atoms with Crippen molar-refractivity contribution in [2.75, 3.05) is 7.05 Å². The van der Waals surface area contributed by atoms with E-state index in [0.29, 0.717) is 0 Å². The molecule has 0 spiro atoms. The number of nitrogens with one attached hydrogen (secondary N) is 1. The predicted molar refractivity (Wildman–Crippen MR) is 86.1 cm³/mol. The lowest BCUT2D eigenvalue weighted by atomic mass is 9.99. The molecule has 1 nitrogen and oxygen atoms in total. The zero-order valence-electron chi connectivity index (χ0n) is 10.5. The summed E-state index contributed by atoms with van der Waals surface area (Å²) in [6.07, 6.45) is 0.822. The number of hydrogen-bond acceptors (Lipinski definition) is 1. The van der Waals surface area contributed by atoms with Crippen molar-refractivity contribution in [3.05, 3.63) is 68.1 Å². The first kappa shape index (κ1) is 14.9. The van der Waals surface area contributed by atoms with Gasteiger partial charge in [0.2, 0.25) is 0 Å². The molecule has 1 N–H and O–H groups in total. The lowest BCUT2D eigenvalue weighted by Gasteiger charge is -2.18. The van der Waals surface area contributed by atoms with Gasteiger partial charge in [-0.3, -0.25) is 0 Å². The quantitative estimate of drug-likeness (QED) is 0.786. The van der Waals surface area contributed by atoms with Gasteiger partial charge in [0.15, 0.2) is 0 Å². The zero-order valence-corrected chi connectivity index (χ0v) is 13.6. The molecule has 0 aliphatic heterocycles. The Morgan fingerprint density at radius 2 is 1.95 bits per heavy atom. The highest BCUT2D eigenvalue weighted by Gasteiger charge is 2.12. The van der Waals surface area contributed by atoms with Crippen LogP contribution in [0, 0.1) is 0 Å². The molecule has 1 unspecified atom stereocenters. The topological polar surface area (TPSA) is 12.0 Å². The first-order chi connectivity index (χ1) is 9.10. The van der Waals surface area contributed by atoms with E-state index in [4.69, 9.17) is 23.2 Å². The third kappa shape index (κ3) is 3.96. The molecule has 4 heteroatoms. The number of benzene rings is 2. The van der Waals surface area contributed by atoms with Gasteiger partial charge >= 0.3 is 0 Å². The highest BCUT2D eigenvalue weighted by molar-refractivity contribution is 9.10. The highest BCUT2D eigenvalue weighted by atomic mass is 79.9. The third-order valence-electron chi connectivity index (χ3n) is 3.04. The molecule has 0 aliphatic rings. The minimum absolute atomic E-state index is 0.192. The Balaban J connectivity index is 2.24. The van der Waals surface area contributed by atoms with Gasteiger partial charge in [0, 0.05) is 20.6 Å². The summed E-state index contributed by atoms with van der Waals surface area (Å²) in [5.41, 5.74) is 2.28. The van der Waals surface area contributed by atoms with Crippen LogP contribution in [0.2, 0.25) is 10.0 Å². The summed E-state index contributed by atoms with van der Waals surface area (Å²) >= 11 is 15.7. The summed E-state index contributed by atoms with van der Waals surface area (Å²) in [7, 11) is 1.94. The fourth-order valence-corrected chi connectivity index (χ4v) is 2.97. The van der Waals surface area contributed by atoms with E-state index in [9.17, 15) is 0 Å². The summed E-state index contributed by atoms with van der Waals surface area (Å²) in [5.74, 6) is 0. The molecule has 0 radical (unpaired) electrons. The molecule has 1 atom stereocenters. The number of rotatable bonds is 4. The molecule has 0 bridgehead atoms. The van der Waals surface area contributed by atoms with Crippen LogP contribution in [0.15, 0.2) is 46.9 Å². The van der Waals surface area contributed by atoms with E-state index >= 15 is 0 Å². The molecule has 0 amide bonds. The average Bonchev–Trinajstić information content (AvgIpc) is 2.38. The Morgan fingerprint density at radius 3 is 2.58 bits per heavy atom. The van der Waals surface area contributed by atoms with Crippen molar-refractivity contribution in [3.8, 4) is 0 Å². The molecule has 0 fully saturated rings. The maximum absolute atomic E-state index is 6.27. The summed E-state index contributed by atoms with van der Waals surface area (Å²) in [5, 5.41) is 4.83. The van der Waals surface area contributed by atoms with Crippen LogP contribution in [0.5, 0.6) is 0 Å². The largest absolute Gasteiger partial charge is 0.313 e. The molecular weight excluding hydrogens is 345 g/mol. The van der Waals surface area contributed by atoms with Gasteiger partial charge in [0.05, 0.1) is 0 Å². The fourth-order valence-electron chi connectivity index (χ4n) is 2.02. The Kier molecular flexibility index (Phi) is 5.28. The lowest BCUT2D eigenvalue weighted by molar-refractivity contribution is 0.592. The second-order valence-electron chi connectivity index (χ2n) is 4.34. The van der Waals surface area contributed by atoms with E-state index in [0.717, 1.165) is 32.1 Å². The molecule has 0 aromatic heterocycles. The van der Waals surface area contributed by atoms with E-state index in [-0.39, 0.29) is 6.04 Å². The minimum atomic E-state index is 0.192. The van der Waals surface area contributed by atoms with Crippen LogP contribution < -0.4 is 5.32 Å². The van der Waals surface area contributed by atoms with Crippen LogP contribution in [0.3, 0.4) is 0 Å². The van der Waals surface area contributed by atoms with E-state index < -0.39 is 0 Å². The van der Waals surface area contributed by atoms with Crippen LogP contribution in [-0.2, 0) is 6.42 Å². The normalized spacial score (nSPS) is 12.4. The highest BCUT2D eigenvalue weighted by Crippen LogP contribution is 2.27. The number of hydrogen-bond donors (Lipinski definition) is 1. The molecule has 100 valence electrons. The zero-order chi connectivity index (χ0) is 13.8. The fraction of sp³-hybridized carbons (Fsp3) is 0.200. The molecule has 2 aromatic rings.